The van der Waals surface area contributed by atoms with Gasteiger partial charge in [0.05, 0.1) is 5.39 Å². The van der Waals surface area contributed by atoms with E-state index < -0.39 is 0 Å². The molecule has 0 aliphatic rings. The second kappa shape index (κ2) is 7.85. The number of anilines is 1. The van der Waals surface area contributed by atoms with Gasteiger partial charge in [-0.05, 0) is 42.5 Å². The van der Waals surface area contributed by atoms with Crippen molar-refractivity contribution in [3.63, 3.8) is 0 Å². The van der Waals surface area contributed by atoms with E-state index in [1.54, 1.807) is 6.33 Å². The van der Waals surface area contributed by atoms with E-state index in [1.165, 1.54) is 11.1 Å². The highest BCUT2D eigenvalue weighted by atomic mass is 15.1. The molecule has 0 radical (unpaired) electrons. The van der Waals surface area contributed by atoms with Crippen molar-refractivity contribution in [2.45, 2.75) is 27.2 Å². The minimum Gasteiger partial charge on any atom is -0.369 e. The maximum Gasteiger partial charge on any atom is 0.150 e. The van der Waals surface area contributed by atoms with Crippen molar-refractivity contribution in [3.8, 4) is 16.8 Å². The zero-order valence-electron chi connectivity index (χ0n) is 16.7. The molecule has 0 spiro atoms. The zero-order chi connectivity index (χ0) is 19.5. The number of hydrogen-bond donors (Lipinski definition) is 1. The Morgan fingerprint density at radius 2 is 1.82 bits per heavy atom. The van der Waals surface area contributed by atoms with Crippen LogP contribution in [0.2, 0.25) is 0 Å². The van der Waals surface area contributed by atoms with Crippen LogP contribution in [0.25, 0.3) is 27.8 Å². The summed E-state index contributed by atoms with van der Waals surface area (Å²) < 4.78 is 2.17. The smallest absolute Gasteiger partial charge is 0.150 e. The Labute approximate surface area is 166 Å². The van der Waals surface area contributed by atoms with Crippen molar-refractivity contribution in [3.05, 3.63) is 72.7 Å². The summed E-state index contributed by atoms with van der Waals surface area (Å²) in [5, 5.41) is 4.61. The average Bonchev–Trinajstić information content (AvgIpc) is 3.09. The Hall–Kier alpha value is -3.14. The third kappa shape index (κ3) is 3.63. The third-order valence-electron chi connectivity index (χ3n) is 4.96. The number of aromatic nitrogens is 3. The summed E-state index contributed by atoms with van der Waals surface area (Å²) in [6.45, 7) is 7.48. The molecule has 2 aromatic heterocycles. The van der Waals surface area contributed by atoms with Crippen molar-refractivity contribution >= 4 is 16.9 Å². The van der Waals surface area contributed by atoms with Crippen LogP contribution in [-0.2, 0) is 0 Å². The summed E-state index contributed by atoms with van der Waals surface area (Å²) in [5.41, 5.74) is 5.57. The maximum atomic E-state index is 4.65. The predicted molar refractivity (Wildman–Crippen MR) is 117 cm³/mol. The van der Waals surface area contributed by atoms with Gasteiger partial charge in [-0.3, -0.25) is 0 Å². The Morgan fingerprint density at radius 3 is 2.57 bits per heavy atom. The molecule has 142 valence electrons. The van der Waals surface area contributed by atoms with Gasteiger partial charge in [0.25, 0.3) is 0 Å². The molecule has 0 amide bonds. The molecule has 0 fully saturated rings. The summed E-state index contributed by atoms with van der Waals surface area (Å²) in [6, 6.07) is 19.0. The lowest BCUT2D eigenvalue weighted by atomic mass is 10.1. The molecule has 0 atom stereocenters. The molecular weight excluding hydrogens is 344 g/mol. The second-order valence-corrected chi connectivity index (χ2v) is 7.65. The van der Waals surface area contributed by atoms with E-state index in [2.05, 4.69) is 95.4 Å². The van der Waals surface area contributed by atoms with Crippen LogP contribution in [-0.4, -0.2) is 21.1 Å². The highest BCUT2D eigenvalue weighted by Gasteiger charge is 2.17. The first kappa shape index (κ1) is 18.2. The van der Waals surface area contributed by atoms with Gasteiger partial charge < -0.3 is 9.88 Å². The van der Waals surface area contributed by atoms with Crippen LogP contribution in [0, 0.1) is 12.8 Å². The Morgan fingerprint density at radius 1 is 1.00 bits per heavy atom. The molecule has 0 aliphatic heterocycles. The van der Waals surface area contributed by atoms with Gasteiger partial charge in [-0.1, -0.05) is 56.3 Å². The highest BCUT2D eigenvalue weighted by molar-refractivity contribution is 6.02. The minimum atomic E-state index is 0.648. The molecule has 2 heterocycles. The van der Waals surface area contributed by atoms with E-state index in [-0.39, 0.29) is 0 Å². The summed E-state index contributed by atoms with van der Waals surface area (Å²) in [6.07, 6.45) is 4.93. The van der Waals surface area contributed by atoms with Crippen molar-refractivity contribution in [1.29, 1.82) is 0 Å². The fourth-order valence-electron chi connectivity index (χ4n) is 3.49. The van der Waals surface area contributed by atoms with Crippen LogP contribution < -0.4 is 5.32 Å². The predicted octanol–water partition coefficient (Wildman–Crippen LogP) is 5.85. The average molecular weight is 371 g/mol. The number of rotatable bonds is 6. The highest BCUT2D eigenvalue weighted by Crippen LogP contribution is 2.35. The van der Waals surface area contributed by atoms with E-state index >= 15 is 0 Å². The van der Waals surface area contributed by atoms with E-state index in [1.807, 2.05) is 6.07 Å². The van der Waals surface area contributed by atoms with Crippen molar-refractivity contribution in [2.75, 3.05) is 11.9 Å². The molecule has 28 heavy (non-hydrogen) atoms. The van der Waals surface area contributed by atoms with Crippen LogP contribution in [0.1, 0.15) is 25.8 Å². The molecule has 0 aliphatic carbocycles. The molecule has 2 aromatic carbocycles. The number of aryl methyl sites for hydroxylation is 1. The molecule has 0 saturated heterocycles. The first-order valence-corrected chi connectivity index (χ1v) is 9.86. The lowest BCUT2D eigenvalue weighted by Crippen LogP contribution is -2.07. The second-order valence-electron chi connectivity index (χ2n) is 7.65. The third-order valence-corrected chi connectivity index (χ3v) is 4.96. The fraction of sp³-hybridized carbons (Fsp3) is 0.250. The Kier molecular flexibility index (Phi) is 5.11. The maximum absolute atomic E-state index is 4.65. The van der Waals surface area contributed by atoms with E-state index in [0.29, 0.717) is 5.92 Å². The van der Waals surface area contributed by atoms with Crippen molar-refractivity contribution < 1.29 is 0 Å². The molecular formula is C24H26N4. The van der Waals surface area contributed by atoms with Gasteiger partial charge in [-0.2, -0.15) is 0 Å². The minimum absolute atomic E-state index is 0.648. The largest absolute Gasteiger partial charge is 0.369 e. The Balaban J connectivity index is 1.90. The molecule has 4 rings (SSSR count). The van der Waals surface area contributed by atoms with Gasteiger partial charge >= 0.3 is 0 Å². The molecule has 1 N–H and O–H groups in total. The molecule has 4 heteroatoms. The molecule has 4 nitrogen and oxygen atoms in total. The molecule has 0 saturated carbocycles. The topological polar surface area (TPSA) is 42.7 Å². The van der Waals surface area contributed by atoms with Crippen LogP contribution in [0.5, 0.6) is 0 Å². The SMILES string of the molecule is Cc1cccc(-n2cc(-c3ccccc3)c3c(NCCC(C)C)ncnc32)c1. The van der Waals surface area contributed by atoms with Crippen molar-refractivity contribution in [2.24, 2.45) is 5.92 Å². The van der Waals surface area contributed by atoms with Crippen LogP contribution in [0.15, 0.2) is 67.1 Å². The summed E-state index contributed by atoms with van der Waals surface area (Å²) >= 11 is 0. The van der Waals surface area contributed by atoms with Gasteiger partial charge in [-0.25, -0.2) is 9.97 Å². The van der Waals surface area contributed by atoms with E-state index in [9.17, 15) is 0 Å². The van der Waals surface area contributed by atoms with E-state index in [0.717, 1.165) is 41.1 Å². The van der Waals surface area contributed by atoms with Gasteiger partial charge in [-0.15, -0.1) is 0 Å². The summed E-state index contributed by atoms with van der Waals surface area (Å²) in [4.78, 5) is 9.23. The van der Waals surface area contributed by atoms with Gasteiger partial charge in [0.15, 0.2) is 5.65 Å². The summed E-state index contributed by atoms with van der Waals surface area (Å²) in [5.74, 6) is 1.55. The Bertz CT molecular complexity index is 1080. The number of fused-ring (bicyclic) bond motifs is 1. The number of nitrogens with zero attached hydrogens (tertiary/aromatic N) is 3. The van der Waals surface area contributed by atoms with Crippen molar-refractivity contribution in [1.82, 2.24) is 14.5 Å². The number of hydrogen-bond acceptors (Lipinski definition) is 3. The zero-order valence-corrected chi connectivity index (χ0v) is 16.7. The first-order chi connectivity index (χ1) is 13.6. The quantitative estimate of drug-likeness (QED) is 0.463. The van der Waals surface area contributed by atoms with Gasteiger partial charge in [0.1, 0.15) is 12.1 Å². The van der Waals surface area contributed by atoms with Crippen LogP contribution >= 0.6 is 0 Å². The van der Waals surface area contributed by atoms with E-state index in [4.69, 9.17) is 0 Å². The number of nitrogens with one attached hydrogen (secondary N) is 1. The number of benzene rings is 2. The normalized spacial score (nSPS) is 11.3. The molecule has 4 aromatic rings. The fourth-order valence-corrected chi connectivity index (χ4v) is 3.49. The lowest BCUT2D eigenvalue weighted by molar-refractivity contribution is 0.607. The van der Waals surface area contributed by atoms with Crippen LogP contribution in [0.3, 0.4) is 0 Å². The van der Waals surface area contributed by atoms with Crippen LogP contribution in [0.4, 0.5) is 5.82 Å². The molecule has 0 unspecified atom stereocenters. The first-order valence-electron chi connectivity index (χ1n) is 9.86. The van der Waals surface area contributed by atoms with Gasteiger partial charge in [0, 0.05) is 24.0 Å². The standard InChI is InChI=1S/C24H26N4/c1-17(2)12-13-25-23-22-21(19-9-5-4-6-10-19)15-28(24(22)27-16-26-23)20-11-7-8-18(3)14-20/h4-11,14-17H,12-13H2,1-3H3,(H,25,26,27). The lowest BCUT2D eigenvalue weighted by Gasteiger charge is -2.10. The van der Waals surface area contributed by atoms with Gasteiger partial charge in [0.2, 0.25) is 0 Å². The monoisotopic (exact) mass is 370 g/mol. The molecule has 0 bridgehead atoms. The summed E-state index contributed by atoms with van der Waals surface area (Å²) in [7, 11) is 0.